The molecule has 2 aromatic carbocycles. The molecule has 3 N–H and O–H groups in total. The third-order valence-electron chi connectivity index (χ3n) is 3.90. The molecule has 1 aromatic heterocycles. The Balaban J connectivity index is 1.59. The van der Waals surface area contributed by atoms with Crippen LogP contribution in [0.5, 0.6) is 11.5 Å². The molecule has 160 valence electrons. The Kier molecular flexibility index (Phi) is 7.17. The van der Waals surface area contributed by atoms with Crippen LogP contribution < -0.4 is 25.8 Å². The fraction of sp³-hybridized carbons (Fsp3) is 0.150. The number of carbonyl (C=O) groups is 1. The lowest BCUT2D eigenvalue weighted by molar-refractivity contribution is -0.118. The van der Waals surface area contributed by atoms with E-state index < -0.39 is 0 Å². The molecule has 11 heteroatoms. The first-order chi connectivity index (χ1) is 14.9. The number of aromatic nitrogens is 3. The smallest absolute Gasteiger partial charge is 0.274 e. The van der Waals surface area contributed by atoms with Crippen molar-refractivity contribution in [2.45, 2.75) is 6.92 Å². The number of anilines is 2. The molecule has 0 unspecified atom stereocenters. The van der Waals surface area contributed by atoms with Crippen LogP contribution in [0.15, 0.2) is 52.4 Å². The summed E-state index contributed by atoms with van der Waals surface area (Å²) in [5.74, 6) is 0.586. The molecule has 0 saturated carbocycles. The maximum atomic E-state index is 12.1. The van der Waals surface area contributed by atoms with Gasteiger partial charge in [-0.3, -0.25) is 14.6 Å². The number of aryl methyl sites for hydroxylation is 1. The normalized spacial score (nSPS) is 10.7. The fourth-order valence-electron chi connectivity index (χ4n) is 2.40. The van der Waals surface area contributed by atoms with E-state index in [-0.39, 0.29) is 29.7 Å². The van der Waals surface area contributed by atoms with Gasteiger partial charge in [-0.25, -0.2) is 5.43 Å². The number of methoxy groups -OCH3 is 1. The van der Waals surface area contributed by atoms with Crippen molar-refractivity contribution in [2.75, 3.05) is 24.5 Å². The second-order valence-electron chi connectivity index (χ2n) is 6.22. The molecule has 0 radical (unpaired) electrons. The Bertz CT molecular complexity index is 1160. The van der Waals surface area contributed by atoms with E-state index in [1.54, 1.807) is 49.4 Å². The van der Waals surface area contributed by atoms with Crippen LogP contribution in [-0.2, 0) is 4.79 Å². The van der Waals surface area contributed by atoms with Crippen LogP contribution in [-0.4, -0.2) is 41.0 Å². The number of carbonyl (C=O) groups excluding carboxylic acids is 1. The summed E-state index contributed by atoms with van der Waals surface area (Å²) in [4.78, 5) is 26.1. The van der Waals surface area contributed by atoms with E-state index in [0.717, 1.165) is 0 Å². The van der Waals surface area contributed by atoms with Crippen LogP contribution in [0.25, 0.3) is 0 Å². The van der Waals surface area contributed by atoms with Gasteiger partial charge in [0.2, 0.25) is 5.95 Å². The van der Waals surface area contributed by atoms with Gasteiger partial charge in [-0.1, -0.05) is 17.7 Å². The minimum absolute atomic E-state index is 0.115. The Labute approximate surface area is 182 Å². The van der Waals surface area contributed by atoms with Crippen LogP contribution in [0.2, 0.25) is 5.02 Å². The number of benzene rings is 2. The number of halogens is 1. The summed E-state index contributed by atoms with van der Waals surface area (Å²) in [6.45, 7) is 1.34. The second-order valence-corrected chi connectivity index (χ2v) is 6.65. The molecule has 31 heavy (non-hydrogen) atoms. The SMILES string of the molecule is COc1cc(/C=N/Nc2nnc(C)c(=O)[nH]2)ccc1OCC(=O)Nc1cccc(Cl)c1. The number of H-pyrrole nitrogens is 1. The Morgan fingerprint density at radius 3 is 2.81 bits per heavy atom. The summed E-state index contributed by atoms with van der Waals surface area (Å²) in [7, 11) is 1.49. The molecular formula is C20H19ClN6O4. The van der Waals surface area contributed by atoms with E-state index in [9.17, 15) is 9.59 Å². The lowest BCUT2D eigenvalue weighted by atomic mass is 10.2. The average molecular weight is 443 g/mol. The van der Waals surface area contributed by atoms with Crippen LogP contribution in [0.3, 0.4) is 0 Å². The average Bonchev–Trinajstić information content (AvgIpc) is 2.75. The third kappa shape index (κ3) is 6.28. The first kappa shape index (κ1) is 21.8. The highest BCUT2D eigenvalue weighted by atomic mass is 35.5. The topological polar surface area (TPSA) is 131 Å². The Morgan fingerprint density at radius 2 is 2.06 bits per heavy atom. The molecule has 0 aliphatic rings. The van der Waals surface area contributed by atoms with Crippen molar-refractivity contribution in [1.29, 1.82) is 0 Å². The minimum atomic E-state index is -0.352. The number of ether oxygens (including phenoxy) is 2. The number of aromatic amines is 1. The molecular weight excluding hydrogens is 424 g/mol. The predicted octanol–water partition coefficient (Wildman–Crippen LogP) is 2.60. The van der Waals surface area contributed by atoms with Crippen molar-refractivity contribution < 1.29 is 14.3 Å². The number of amides is 1. The van der Waals surface area contributed by atoms with Gasteiger partial charge < -0.3 is 14.8 Å². The van der Waals surface area contributed by atoms with E-state index in [2.05, 4.69) is 31.0 Å². The molecule has 1 amide bonds. The lowest BCUT2D eigenvalue weighted by Crippen LogP contribution is -2.20. The van der Waals surface area contributed by atoms with E-state index in [1.807, 2.05) is 0 Å². The monoisotopic (exact) mass is 442 g/mol. The zero-order valence-corrected chi connectivity index (χ0v) is 17.4. The number of nitrogens with one attached hydrogen (secondary N) is 3. The van der Waals surface area contributed by atoms with Crippen molar-refractivity contribution in [2.24, 2.45) is 5.10 Å². The van der Waals surface area contributed by atoms with E-state index in [0.29, 0.717) is 27.8 Å². The van der Waals surface area contributed by atoms with Crippen molar-refractivity contribution in [3.63, 3.8) is 0 Å². The molecule has 0 aliphatic carbocycles. The predicted molar refractivity (Wildman–Crippen MR) is 117 cm³/mol. The fourth-order valence-corrected chi connectivity index (χ4v) is 2.59. The zero-order valence-electron chi connectivity index (χ0n) is 16.7. The molecule has 1 heterocycles. The Hall–Kier alpha value is -3.92. The number of hydrogen-bond acceptors (Lipinski definition) is 8. The number of rotatable bonds is 8. The summed E-state index contributed by atoms with van der Waals surface area (Å²) in [6.07, 6.45) is 1.50. The summed E-state index contributed by atoms with van der Waals surface area (Å²) in [5, 5.41) is 14.7. The van der Waals surface area contributed by atoms with E-state index in [4.69, 9.17) is 21.1 Å². The third-order valence-corrected chi connectivity index (χ3v) is 4.13. The van der Waals surface area contributed by atoms with Gasteiger partial charge >= 0.3 is 0 Å². The van der Waals surface area contributed by atoms with Gasteiger partial charge in [0, 0.05) is 10.7 Å². The molecule has 0 aliphatic heterocycles. The highest BCUT2D eigenvalue weighted by Gasteiger charge is 2.09. The minimum Gasteiger partial charge on any atom is -0.493 e. The van der Waals surface area contributed by atoms with Gasteiger partial charge in [0.1, 0.15) is 5.69 Å². The van der Waals surface area contributed by atoms with Crippen LogP contribution in [0.1, 0.15) is 11.3 Å². The van der Waals surface area contributed by atoms with Gasteiger partial charge in [-0.15, -0.1) is 10.2 Å². The van der Waals surface area contributed by atoms with E-state index >= 15 is 0 Å². The standard InChI is InChI=1S/C20H19ClN6O4/c1-12-19(29)24-20(27-25-12)26-22-10-13-6-7-16(17(8-13)30-2)31-11-18(28)23-15-5-3-4-14(21)9-15/h3-10H,11H2,1-2H3,(H,23,28)(H2,24,26,27,29)/b22-10+. The van der Waals surface area contributed by atoms with Crippen molar-refractivity contribution in [1.82, 2.24) is 15.2 Å². The molecule has 0 atom stereocenters. The van der Waals surface area contributed by atoms with Crippen molar-refractivity contribution >= 4 is 35.4 Å². The molecule has 3 aromatic rings. The summed E-state index contributed by atoms with van der Waals surface area (Å²) >= 11 is 5.90. The molecule has 0 spiro atoms. The highest BCUT2D eigenvalue weighted by molar-refractivity contribution is 6.30. The van der Waals surface area contributed by atoms with Gasteiger partial charge in [0.05, 0.1) is 13.3 Å². The van der Waals surface area contributed by atoms with Crippen LogP contribution >= 0.6 is 11.6 Å². The van der Waals surface area contributed by atoms with Gasteiger partial charge in [-0.05, 0) is 48.9 Å². The molecule has 0 bridgehead atoms. The molecule has 0 saturated heterocycles. The summed E-state index contributed by atoms with van der Waals surface area (Å²) in [6, 6.07) is 11.9. The molecule has 0 fully saturated rings. The van der Waals surface area contributed by atoms with Crippen molar-refractivity contribution in [3.05, 3.63) is 69.1 Å². The zero-order chi connectivity index (χ0) is 22.2. The van der Waals surface area contributed by atoms with Crippen LogP contribution in [0.4, 0.5) is 11.6 Å². The number of hydrogen-bond donors (Lipinski definition) is 3. The lowest BCUT2D eigenvalue weighted by Gasteiger charge is -2.11. The maximum absolute atomic E-state index is 12.1. The highest BCUT2D eigenvalue weighted by Crippen LogP contribution is 2.27. The first-order valence-corrected chi connectivity index (χ1v) is 9.41. The quantitative estimate of drug-likeness (QED) is 0.361. The van der Waals surface area contributed by atoms with E-state index in [1.165, 1.54) is 13.3 Å². The second kappa shape index (κ2) is 10.2. The molecule has 10 nitrogen and oxygen atoms in total. The Morgan fingerprint density at radius 1 is 1.23 bits per heavy atom. The molecule has 3 rings (SSSR count). The first-order valence-electron chi connectivity index (χ1n) is 9.03. The van der Waals surface area contributed by atoms with Gasteiger partial charge in [0.15, 0.2) is 18.1 Å². The van der Waals surface area contributed by atoms with Crippen LogP contribution in [0, 0.1) is 6.92 Å². The number of hydrazone groups is 1. The van der Waals surface area contributed by atoms with Crippen molar-refractivity contribution in [3.8, 4) is 11.5 Å². The number of nitrogens with zero attached hydrogens (tertiary/aromatic N) is 3. The largest absolute Gasteiger partial charge is 0.493 e. The summed E-state index contributed by atoms with van der Waals surface area (Å²) < 4.78 is 10.9. The van der Waals surface area contributed by atoms with Gasteiger partial charge in [0.25, 0.3) is 11.5 Å². The summed E-state index contributed by atoms with van der Waals surface area (Å²) in [5.41, 5.74) is 3.75. The van der Waals surface area contributed by atoms with Gasteiger partial charge in [-0.2, -0.15) is 5.10 Å². The maximum Gasteiger partial charge on any atom is 0.274 e.